The van der Waals surface area contributed by atoms with E-state index >= 15 is 0 Å². The summed E-state index contributed by atoms with van der Waals surface area (Å²) in [5.41, 5.74) is 0. The Balaban J connectivity index is 4.31. The number of phosphoric acid groups is 1. The molecule has 0 aromatic heterocycles. The predicted octanol–water partition coefficient (Wildman–Crippen LogP) is 12.4. The highest BCUT2D eigenvalue weighted by atomic mass is 31.2. The van der Waals surface area contributed by atoms with Gasteiger partial charge < -0.3 is 19.8 Å². The van der Waals surface area contributed by atoms with Gasteiger partial charge >= 0.3 is 7.82 Å². The fourth-order valence-electron chi connectivity index (χ4n) is 6.63. The number of carbonyl (C=O) groups is 1. The van der Waals surface area contributed by atoms with E-state index in [2.05, 4.69) is 31.3 Å². The van der Waals surface area contributed by atoms with Crippen LogP contribution in [0.4, 0.5) is 0 Å². The van der Waals surface area contributed by atoms with Crippen LogP contribution in [0.5, 0.6) is 0 Å². The number of carbonyl (C=O) groups excluding carboxylic acids is 1. The molecule has 1 amide bonds. The van der Waals surface area contributed by atoms with Gasteiger partial charge in [0.15, 0.2) is 0 Å². The van der Waals surface area contributed by atoms with Gasteiger partial charge in [-0.25, -0.2) is 4.57 Å². The molecule has 0 spiro atoms. The summed E-state index contributed by atoms with van der Waals surface area (Å²) in [6, 6.07) is -0.757. The van der Waals surface area contributed by atoms with Crippen molar-refractivity contribution in [3.8, 4) is 0 Å². The lowest BCUT2D eigenvalue weighted by molar-refractivity contribution is -0.870. The van der Waals surface area contributed by atoms with Crippen molar-refractivity contribution in [2.45, 2.75) is 225 Å². The molecule has 53 heavy (non-hydrogen) atoms. The Hall–Kier alpha value is -0.760. The summed E-state index contributed by atoms with van der Waals surface area (Å²) in [5, 5.41) is 13.9. The number of aliphatic hydroxyl groups is 1. The maximum Gasteiger partial charge on any atom is 0.472 e. The van der Waals surface area contributed by atoms with Crippen molar-refractivity contribution in [1.29, 1.82) is 0 Å². The van der Waals surface area contributed by atoms with E-state index in [0.29, 0.717) is 23.9 Å². The van der Waals surface area contributed by atoms with E-state index in [0.717, 1.165) is 38.5 Å². The van der Waals surface area contributed by atoms with Crippen LogP contribution in [0.1, 0.15) is 213 Å². The van der Waals surface area contributed by atoms with Crippen LogP contribution in [0, 0.1) is 0 Å². The second kappa shape index (κ2) is 36.9. The van der Waals surface area contributed by atoms with Crippen molar-refractivity contribution in [2.75, 3.05) is 40.9 Å². The maximum atomic E-state index is 12.9. The van der Waals surface area contributed by atoms with Gasteiger partial charge in [-0.15, -0.1) is 0 Å². The van der Waals surface area contributed by atoms with E-state index in [-0.39, 0.29) is 19.1 Å². The van der Waals surface area contributed by atoms with Gasteiger partial charge in [0.2, 0.25) is 5.91 Å². The molecule has 0 aliphatic heterocycles. The first-order valence-electron chi connectivity index (χ1n) is 22.6. The molecule has 0 aromatic rings. The van der Waals surface area contributed by atoms with E-state index in [1.807, 2.05) is 21.1 Å². The minimum atomic E-state index is -4.31. The number of aliphatic hydroxyl groups excluding tert-OH is 1. The van der Waals surface area contributed by atoms with Crippen molar-refractivity contribution in [3.05, 3.63) is 12.2 Å². The van der Waals surface area contributed by atoms with Gasteiger partial charge in [0, 0.05) is 6.42 Å². The zero-order valence-electron chi connectivity index (χ0n) is 35.8. The van der Waals surface area contributed by atoms with E-state index in [4.69, 9.17) is 9.05 Å². The molecule has 3 unspecified atom stereocenters. The van der Waals surface area contributed by atoms with E-state index in [1.165, 1.54) is 148 Å². The third kappa shape index (κ3) is 39.3. The molecule has 0 saturated heterocycles. The van der Waals surface area contributed by atoms with Crippen molar-refractivity contribution < 1.29 is 32.9 Å². The minimum Gasteiger partial charge on any atom is -0.391 e. The Labute approximate surface area is 329 Å². The van der Waals surface area contributed by atoms with Gasteiger partial charge in [0.05, 0.1) is 39.9 Å². The molecule has 0 aliphatic rings. The molecule has 9 heteroatoms. The van der Waals surface area contributed by atoms with Crippen molar-refractivity contribution in [3.63, 3.8) is 0 Å². The Morgan fingerprint density at radius 3 is 1.45 bits per heavy atom. The second-order valence-corrected chi connectivity index (χ2v) is 18.2. The summed E-state index contributed by atoms with van der Waals surface area (Å²) < 4.78 is 23.6. The maximum absolute atomic E-state index is 12.9. The van der Waals surface area contributed by atoms with Crippen LogP contribution in [0.3, 0.4) is 0 Å². The first-order chi connectivity index (χ1) is 25.5. The molecule has 0 heterocycles. The number of quaternary nitrogens is 1. The van der Waals surface area contributed by atoms with E-state index in [1.54, 1.807) is 0 Å². The first-order valence-corrected chi connectivity index (χ1v) is 24.0. The quantitative estimate of drug-likeness (QED) is 0.0247. The Kier molecular flexibility index (Phi) is 36.3. The second-order valence-electron chi connectivity index (χ2n) is 16.8. The van der Waals surface area contributed by atoms with Crippen LogP contribution in [0.2, 0.25) is 0 Å². The molecule has 316 valence electrons. The van der Waals surface area contributed by atoms with E-state index < -0.39 is 20.0 Å². The topological polar surface area (TPSA) is 105 Å². The summed E-state index contributed by atoms with van der Waals surface area (Å²) in [6.07, 6.45) is 40.9. The lowest BCUT2D eigenvalue weighted by atomic mass is 10.0. The number of nitrogens with zero attached hydrogens (tertiary/aromatic N) is 1. The molecule has 0 saturated carbocycles. The Morgan fingerprint density at radius 2 is 1.02 bits per heavy atom. The predicted molar refractivity (Wildman–Crippen MR) is 226 cm³/mol. The normalized spacial score (nSPS) is 14.5. The summed E-state index contributed by atoms with van der Waals surface area (Å²) in [5.74, 6) is -0.148. The number of likely N-dealkylation sites (N-methyl/N-ethyl adjacent to an activating group) is 1. The van der Waals surface area contributed by atoms with Gasteiger partial charge in [0.1, 0.15) is 13.2 Å². The summed E-state index contributed by atoms with van der Waals surface area (Å²) in [4.78, 5) is 23.1. The van der Waals surface area contributed by atoms with Crippen LogP contribution >= 0.6 is 7.82 Å². The van der Waals surface area contributed by atoms with Gasteiger partial charge in [-0.3, -0.25) is 13.8 Å². The van der Waals surface area contributed by atoms with Crippen molar-refractivity contribution in [1.82, 2.24) is 5.32 Å². The molecule has 0 radical (unpaired) electrons. The Bertz CT molecular complexity index is 880. The number of unbranched alkanes of at least 4 members (excludes halogenated alkanes) is 26. The fraction of sp³-hybridized carbons (Fsp3) is 0.932. The number of rotatable bonds is 41. The number of nitrogens with one attached hydrogen (secondary N) is 1. The zero-order chi connectivity index (χ0) is 39.3. The number of hydrogen-bond acceptors (Lipinski definition) is 5. The Morgan fingerprint density at radius 1 is 0.623 bits per heavy atom. The summed E-state index contributed by atoms with van der Waals surface area (Å²) >= 11 is 0. The minimum absolute atomic E-state index is 0.0756. The average molecular weight is 774 g/mol. The summed E-state index contributed by atoms with van der Waals surface area (Å²) in [7, 11) is 1.62. The average Bonchev–Trinajstić information content (AvgIpc) is 3.10. The van der Waals surface area contributed by atoms with Crippen LogP contribution in [0.15, 0.2) is 12.2 Å². The third-order valence-corrected chi connectivity index (χ3v) is 11.2. The molecule has 0 bridgehead atoms. The molecule has 3 N–H and O–H groups in total. The van der Waals surface area contributed by atoms with Crippen molar-refractivity contribution in [2.24, 2.45) is 0 Å². The van der Waals surface area contributed by atoms with E-state index in [9.17, 15) is 19.4 Å². The molecule has 0 aliphatic carbocycles. The number of allylic oxidation sites excluding steroid dienone is 2. The molecule has 0 aromatic carbocycles. The monoisotopic (exact) mass is 774 g/mol. The summed E-state index contributed by atoms with van der Waals surface area (Å²) in [6.45, 7) is 4.88. The zero-order valence-corrected chi connectivity index (χ0v) is 36.7. The van der Waals surface area contributed by atoms with Crippen LogP contribution in [-0.2, 0) is 18.4 Å². The largest absolute Gasteiger partial charge is 0.472 e. The number of amides is 1. The lowest BCUT2D eigenvalue weighted by Crippen LogP contribution is -2.46. The fourth-order valence-corrected chi connectivity index (χ4v) is 7.36. The number of hydrogen-bond donors (Lipinski definition) is 3. The molecular weight excluding hydrogens is 683 g/mol. The molecule has 0 fully saturated rings. The number of phosphoric ester groups is 1. The SMILES string of the molecule is CCCCCCCCCC/C=C\CCCCCCCCCC(=O)NC(COP(=O)(O)OCC[N+](C)(C)C)C(O)CCCCCCCCCCCCCC. The third-order valence-electron chi connectivity index (χ3n) is 10.3. The first kappa shape index (κ1) is 52.2. The molecular formula is C44H90N2O6P+. The van der Waals surface area contributed by atoms with Gasteiger partial charge in [-0.2, -0.15) is 0 Å². The molecule has 0 rings (SSSR count). The van der Waals surface area contributed by atoms with Gasteiger partial charge in [0.25, 0.3) is 0 Å². The highest BCUT2D eigenvalue weighted by Crippen LogP contribution is 2.43. The smallest absolute Gasteiger partial charge is 0.391 e. The molecule has 3 atom stereocenters. The standard InChI is InChI=1S/C44H89N2O6P/c1-6-8-10-12-14-16-18-20-21-22-23-24-25-26-28-30-32-34-36-38-44(48)45-42(41-52-53(49,50)51-40-39-46(3,4)5)43(47)37-35-33-31-29-27-19-17-15-13-11-9-7-2/h22-23,42-43,47H,6-21,24-41H2,1-5H3,(H-,45,48,49,50)/p+1/b23-22-. The van der Waals surface area contributed by atoms with Gasteiger partial charge in [-0.05, 0) is 38.5 Å². The van der Waals surface area contributed by atoms with Crippen LogP contribution in [-0.4, -0.2) is 73.4 Å². The van der Waals surface area contributed by atoms with Gasteiger partial charge in [-0.1, -0.05) is 180 Å². The highest BCUT2D eigenvalue weighted by molar-refractivity contribution is 7.47. The van der Waals surface area contributed by atoms with Crippen molar-refractivity contribution >= 4 is 13.7 Å². The highest BCUT2D eigenvalue weighted by Gasteiger charge is 2.28. The van der Waals surface area contributed by atoms with Crippen LogP contribution in [0.25, 0.3) is 0 Å². The molecule has 8 nitrogen and oxygen atoms in total. The van der Waals surface area contributed by atoms with Crippen LogP contribution < -0.4 is 5.32 Å². The lowest BCUT2D eigenvalue weighted by Gasteiger charge is -2.26.